The van der Waals surface area contributed by atoms with Gasteiger partial charge in [-0.05, 0) is 25.3 Å². The number of hydrogen-bond acceptors (Lipinski definition) is 3. The molecule has 0 amide bonds. The first-order valence-corrected chi connectivity index (χ1v) is 9.50. The lowest BCUT2D eigenvalue weighted by atomic mass is 9.79. The van der Waals surface area contributed by atoms with Gasteiger partial charge in [0, 0.05) is 23.9 Å². The van der Waals surface area contributed by atoms with Gasteiger partial charge in [-0.15, -0.1) is 11.3 Å². The van der Waals surface area contributed by atoms with Gasteiger partial charge in [0.1, 0.15) is 0 Å². The van der Waals surface area contributed by atoms with Crippen molar-refractivity contribution in [3.63, 3.8) is 0 Å². The van der Waals surface area contributed by atoms with Crippen LogP contribution in [0.1, 0.15) is 41.8 Å². The minimum absolute atomic E-state index is 0.235. The van der Waals surface area contributed by atoms with Gasteiger partial charge in [-0.3, -0.25) is 4.99 Å². The molecule has 0 bridgehead atoms. The minimum atomic E-state index is 0.235. The van der Waals surface area contributed by atoms with Crippen molar-refractivity contribution < 1.29 is 0 Å². The van der Waals surface area contributed by atoms with Crippen LogP contribution in [0.4, 0.5) is 0 Å². The van der Waals surface area contributed by atoms with E-state index in [-0.39, 0.29) is 5.41 Å². The summed E-state index contributed by atoms with van der Waals surface area (Å²) in [6.45, 7) is 3.75. The monoisotopic (exact) mass is 342 g/mol. The highest BCUT2D eigenvalue weighted by molar-refractivity contribution is 7.09. The Kier molecular flexibility index (Phi) is 5.51. The lowest BCUT2D eigenvalue weighted by Gasteiger charge is -2.30. The van der Waals surface area contributed by atoms with Crippen molar-refractivity contribution in [2.75, 3.05) is 13.6 Å². The topological polar surface area (TPSA) is 49.3 Å². The van der Waals surface area contributed by atoms with Gasteiger partial charge in [0.15, 0.2) is 5.96 Å². The maximum atomic E-state index is 4.38. The lowest BCUT2D eigenvalue weighted by Crippen LogP contribution is -2.44. The van der Waals surface area contributed by atoms with E-state index < -0.39 is 0 Å². The quantitative estimate of drug-likeness (QED) is 0.644. The number of thiazole rings is 1. The predicted molar refractivity (Wildman–Crippen MR) is 102 cm³/mol. The molecule has 1 fully saturated rings. The largest absolute Gasteiger partial charge is 0.356 e. The molecule has 1 saturated carbocycles. The van der Waals surface area contributed by atoms with E-state index in [0.717, 1.165) is 24.7 Å². The Morgan fingerprint density at radius 2 is 1.96 bits per heavy atom. The molecule has 1 aromatic carbocycles. The van der Waals surface area contributed by atoms with Crippen LogP contribution in [0.3, 0.4) is 0 Å². The summed E-state index contributed by atoms with van der Waals surface area (Å²) in [6, 6.07) is 10.9. The average Bonchev–Trinajstić information content (AvgIpc) is 3.26. The fourth-order valence-electron chi connectivity index (χ4n) is 3.54. The summed E-state index contributed by atoms with van der Waals surface area (Å²) in [6.07, 6.45) is 5.11. The number of hydrogen-bond donors (Lipinski definition) is 2. The minimum Gasteiger partial charge on any atom is -0.356 e. The molecule has 0 aliphatic heterocycles. The number of nitrogens with one attached hydrogen (secondary N) is 2. The van der Waals surface area contributed by atoms with Gasteiger partial charge in [0.25, 0.3) is 0 Å². The van der Waals surface area contributed by atoms with Crippen LogP contribution in [0.25, 0.3) is 0 Å². The summed E-state index contributed by atoms with van der Waals surface area (Å²) in [5.41, 5.74) is 4.67. The molecule has 128 valence electrons. The zero-order chi connectivity index (χ0) is 16.8. The van der Waals surface area contributed by atoms with Crippen molar-refractivity contribution in [3.05, 3.63) is 52.0 Å². The fourth-order valence-corrected chi connectivity index (χ4v) is 4.26. The van der Waals surface area contributed by atoms with Crippen molar-refractivity contribution in [2.24, 2.45) is 4.99 Å². The van der Waals surface area contributed by atoms with Crippen LogP contribution >= 0.6 is 11.3 Å². The van der Waals surface area contributed by atoms with Gasteiger partial charge >= 0.3 is 0 Å². The number of nitrogens with zero attached hydrogens (tertiary/aromatic N) is 2. The molecular formula is C19H26N4S. The average molecular weight is 343 g/mol. The Balaban J connectivity index is 1.62. The summed E-state index contributed by atoms with van der Waals surface area (Å²) in [5.74, 6) is 0.866. The van der Waals surface area contributed by atoms with Gasteiger partial charge in [-0.2, -0.15) is 0 Å². The molecule has 0 unspecified atom stereocenters. The van der Waals surface area contributed by atoms with Gasteiger partial charge in [-0.1, -0.05) is 43.2 Å². The molecule has 2 N–H and O–H groups in total. The number of rotatable bonds is 5. The number of guanidine groups is 1. The molecule has 0 saturated heterocycles. The predicted octanol–water partition coefficient (Wildman–Crippen LogP) is 3.63. The molecule has 4 nitrogen and oxygen atoms in total. The second-order valence-electron chi connectivity index (χ2n) is 6.49. The van der Waals surface area contributed by atoms with Gasteiger partial charge in [0.05, 0.1) is 17.7 Å². The first-order chi connectivity index (χ1) is 11.7. The summed E-state index contributed by atoms with van der Waals surface area (Å²) in [5, 5.41) is 6.97. The Labute approximate surface area is 148 Å². The second-order valence-corrected chi connectivity index (χ2v) is 7.43. The first-order valence-electron chi connectivity index (χ1n) is 8.62. The van der Waals surface area contributed by atoms with E-state index in [1.807, 2.05) is 19.5 Å². The third kappa shape index (κ3) is 3.78. The Bertz CT molecular complexity index is 672. The molecule has 2 aromatic rings. The second kappa shape index (κ2) is 7.79. The molecule has 1 aliphatic rings. The van der Waals surface area contributed by atoms with E-state index in [2.05, 4.69) is 50.9 Å². The number of aliphatic imine (C=N–C) groups is 1. The van der Waals surface area contributed by atoms with Gasteiger partial charge in [0.2, 0.25) is 0 Å². The summed E-state index contributed by atoms with van der Waals surface area (Å²) in [7, 11) is 1.83. The first kappa shape index (κ1) is 17.0. The van der Waals surface area contributed by atoms with Crippen molar-refractivity contribution in [1.29, 1.82) is 0 Å². The highest BCUT2D eigenvalue weighted by Gasteiger charge is 2.35. The van der Waals surface area contributed by atoms with E-state index in [4.69, 9.17) is 0 Å². The van der Waals surface area contributed by atoms with Gasteiger partial charge < -0.3 is 10.6 Å². The molecule has 0 atom stereocenters. The third-order valence-electron chi connectivity index (χ3n) is 5.03. The number of aromatic nitrogens is 1. The molecule has 5 heteroatoms. The zero-order valence-electron chi connectivity index (χ0n) is 14.5. The maximum Gasteiger partial charge on any atom is 0.191 e. The molecule has 24 heavy (non-hydrogen) atoms. The molecule has 0 radical (unpaired) electrons. The summed E-state index contributed by atoms with van der Waals surface area (Å²) < 4.78 is 0. The molecule has 3 rings (SSSR count). The molecule has 1 heterocycles. The van der Waals surface area contributed by atoms with Crippen LogP contribution in [0.2, 0.25) is 0 Å². The number of benzene rings is 1. The van der Waals surface area contributed by atoms with Crippen LogP contribution < -0.4 is 10.6 Å². The van der Waals surface area contributed by atoms with Crippen LogP contribution in [0.5, 0.6) is 0 Å². The molecule has 0 spiro atoms. The Morgan fingerprint density at radius 3 is 2.58 bits per heavy atom. The Hall–Kier alpha value is -1.88. The third-order valence-corrected chi connectivity index (χ3v) is 5.96. The zero-order valence-corrected chi connectivity index (χ0v) is 15.3. The smallest absolute Gasteiger partial charge is 0.191 e. The van der Waals surface area contributed by atoms with E-state index >= 15 is 0 Å². The standard InChI is InChI=1S/C19H26N4S/c1-15-17(24-14-23-15)12-21-18(20-2)22-13-19(10-6-7-11-19)16-8-4-3-5-9-16/h3-5,8-9,14H,6-7,10-13H2,1-2H3,(H2,20,21,22). The van der Waals surface area contributed by atoms with Crippen molar-refractivity contribution >= 4 is 17.3 Å². The van der Waals surface area contributed by atoms with Crippen molar-refractivity contribution in [2.45, 2.75) is 44.6 Å². The Morgan fingerprint density at radius 1 is 1.21 bits per heavy atom. The van der Waals surface area contributed by atoms with E-state index in [0.29, 0.717) is 0 Å². The highest BCUT2D eigenvalue weighted by atomic mass is 32.1. The van der Waals surface area contributed by atoms with Crippen molar-refractivity contribution in [3.8, 4) is 0 Å². The lowest BCUT2D eigenvalue weighted by molar-refractivity contribution is 0.432. The SMILES string of the molecule is CN=C(NCc1scnc1C)NCC1(c2ccccc2)CCCC1. The molecular weight excluding hydrogens is 316 g/mol. The van der Waals surface area contributed by atoms with E-state index in [1.165, 1.54) is 36.1 Å². The van der Waals surface area contributed by atoms with Crippen molar-refractivity contribution in [1.82, 2.24) is 15.6 Å². The van der Waals surface area contributed by atoms with Crippen LogP contribution in [0, 0.1) is 6.92 Å². The molecule has 1 aliphatic carbocycles. The summed E-state index contributed by atoms with van der Waals surface area (Å²) >= 11 is 1.69. The van der Waals surface area contributed by atoms with Gasteiger partial charge in [-0.25, -0.2) is 4.98 Å². The van der Waals surface area contributed by atoms with Crippen LogP contribution in [-0.2, 0) is 12.0 Å². The summed E-state index contributed by atoms with van der Waals surface area (Å²) in [4.78, 5) is 9.94. The maximum absolute atomic E-state index is 4.38. The van der Waals surface area contributed by atoms with Crippen LogP contribution in [-0.4, -0.2) is 24.5 Å². The van der Waals surface area contributed by atoms with E-state index in [1.54, 1.807) is 11.3 Å². The van der Waals surface area contributed by atoms with E-state index in [9.17, 15) is 0 Å². The molecule has 1 aromatic heterocycles. The number of aryl methyl sites for hydroxylation is 1. The fraction of sp³-hybridized carbons (Fsp3) is 0.474. The highest BCUT2D eigenvalue weighted by Crippen LogP contribution is 2.40. The van der Waals surface area contributed by atoms with Crippen LogP contribution in [0.15, 0.2) is 40.8 Å². The normalized spacial score (nSPS) is 17.0.